The smallest absolute Gasteiger partial charge is 0.251 e. The number of carbonyl (C=O) groups is 2. The minimum absolute atomic E-state index is 0.0812. The van der Waals surface area contributed by atoms with E-state index < -0.39 is 52.4 Å². The van der Waals surface area contributed by atoms with E-state index in [1.807, 2.05) is 0 Å². The third kappa shape index (κ3) is 8.07. The molecule has 1 unspecified atom stereocenters. The third-order valence-electron chi connectivity index (χ3n) is 7.16. The first-order valence-corrected chi connectivity index (χ1v) is 15.1. The Hall–Kier alpha value is -3.60. The lowest BCUT2D eigenvalue weighted by Crippen LogP contribution is -2.39. The van der Waals surface area contributed by atoms with E-state index in [2.05, 4.69) is 12.2 Å². The van der Waals surface area contributed by atoms with Crippen molar-refractivity contribution in [2.45, 2.75) is 75.6 Å². The highest BCUT2D eigenvalue weighted by atomic mass is 32.2. The van der Waals surface area contributed by atoms with Gasteiger partial charge in [-0.3, -0.25) is 9.59 Å². The van der Waals surface area contributed by atoms with Gasteiger partial charge >= 0.3 is 0 Å². The van der Waals surface area contributed by atoms with Gasteiger partial charge in [0.1, 0.15) is 34.8 Å². The van der Waals surface area contributed by atoms with E-state index >= 15 is 8.78 Å². The van der Waals surface area contributed by atoms with Gasteiger partial charge in [-0.25, -0.2) is 22.0 Å². The molecule has 1 aliphatic rings. The van der Waals surface area contributed by atoms with Crippen LogP contribution in [0.1, 0.15) is 73.9 Å². The molecule has 0 aromatic heterocycles. The molecule has 1 N–H and O–H groups in total. The van der Waals surface area contributed by atoms with Gasteiger partial charge in [-0.05, 0) is 31.5 Å². The van der Waals surface area contributed by atoms with Gasteiger partial charge in [0.2, 0.25) is 5.91 Å². The second-order valence-electron chi connectivity index (χ2n) is 10.4. The molecule has 11 heteroatoms. The maximum Gasteiger partial charge on any atom is 0.251 e. The molecule has 0 saturated carbocycles. The lowest BCUT2D eigenvalue weighted by Gasteiger charge is -2.33. The lowest BCUT2D eigenvalue weighted by atomic mass is 10.1. The average molecular weight is 621 g/mol. The normalized spacial score (nSPS) is 14.5. The van der Waals surface area contributed by atoms with Crippen LogP contribution in [0.25, 0.3) is 0 Å². The van der Waals surface area contributed by atoms with Crippen molar-refractivity contribution < 1.29 is 36.3 Å². The molecule has 5 nitrogen and oxygen atoms in total. The summed E-state index contributed by atoms with van der Waals surface area (Å²) in [5.74, 6) is -5.94. The van der Waals surface area contributed by atoms with E-state index in [1.54, 1.807) is 6.92 Å². The van der Waals surface area contributed by atoms with Crippen LogP contribution < -0.4 is 15.0 Å². The van der Waals surface area contributed by atoms with Crippen LogP contribution in [0.5, 0.6) is 5.75 Å². The van der Waals surface area contributed by atoms with E-state index in [1.165, 1.54) is 41.3 Å². The number of hydrogen-bond acceptors (Lipinski definition) is 4. The first-order valence-electron chi connectivity index (χ1n) is 14.2. The van der Waals surface area contributed by atoms with Crippen LogP contribution in [-0.2, 0) is 17.9 Å². The number of benzene rings is 3. The van der Waals surface area contributed by atoms with Crippen molar-refractivity contribution in [3.05, 3.63) is 88.2 Å². The number of halogens is 5. The molecule has 0 radical (unpaired) electrons. The zero-order chi connectivity index (χ0) is 31.1. The molecule has 1 aliphatic heterocycles. The number of hydrogen-bond donors (Lipinski definition) is 1. The average Bonchev–Trinajstić information content (AvgIpc) is 2.95. The van der Waals surface area contributed by atoms with E-state index in [4.69, 9.17) is 4.74 Å². The Morgan fingerprint density at radius 1 is 0.884 bits per heavy atom. The second-order valence-corrected chi connectivity index (χ2v) is 11.8. The lowest BCUT2D eigenvalue weighted by molar-refractivity contribution is -0.118. The van der Waals surface area contributed by atoms with E-state index in [0.717, 1.165) is 44.2 Å². The summed E-state index contributed by atoms with van der Waals surface area (Å²) in [7, 11) is 0. The zero-order valence-corrected chi connectivity index (χ0v) is 24.8. The van der Waals surface area contributed by atoms with Crippen LogP contribution in [-0.4, -0.2) is 23.7 Å². The van der Waals surface area contributed by atoms with Crippen molar-refractivity contribution in [1.82, 2.24) is 5.32 Å². The largest absolute Gasteiger partial charge is 0.493 e. The summed E-state index contributed by atoms with van der Waals surface area (Å²) in [6.45, 7) is 3.24. The van der Waals surface area contributed by atoms with Gasteiger partial charge in [0, 0.05) is 52.4 Å². The molecular formula is C32H33F5N2O3S. The predicted molar refractivity (Wildman–Crippen MR) is 156 cm³/mol. The molecule has 2 amide bonds. The fourth-order valence-corrected chi connectivity index (χ4v) is 5.87. The van der Waals surface area contributed by atoms with Gasteiger partial charge in [0.05, 0.1) is 24.1 Å². The summed E-state index contributed by atoms with van der Waals surface area (Å²) < 4.78 is 76.8. The number of anilines is 1. The molecule has 0 aliphatic carbocycles. The standard InChI is InChI=1S/C32H33F5N2O3S/c1-3-4-5-6-7-8-11-42-22-15-27(36)24(28(37)16-22)18-39-29-10-9-20(12-30(29)43-19(2)32(39)41)31(40)38-17-23-25(34)13-21(33)14-26(23)35/h9-10,12-16,19H,3-8,11,17-18H2,1-2H3,(H,38,40). The van der Waals surface area contributed by atoms with Crippen molar-refractivity contribution in [3.8, 4) is 5.75 Å². The SMILES string of the molecule is CCCCCCCCOc1cc(F)c(CN2C(=O)C(C)Sc3cc(C(=O)NCc4c(F)cc(F)cc4F)ccc32)c(F)c1. The molecule has 4 rings (SSSR count). The molecule has 0 saturated heterocycles. The number of ether oxygens (including phenoxy) is 1. The van der Waals surface area contributed by atoms with Gasteiger partial charge in [-0.15, -0.1) is 11.8 Å². The Balaban J connectivity index is 1.45. The molecule has 1 atom stereocenters. The molecular weight excluding hydrogens is 587 g/mol. The Morgan fingerprint density at radius 2 is 1.51 bits per heavy atom. The monoisotopic (exact) mass is 620 g/mol. The number of nitrogens with zero attached hydrogens (tertiary/aromatic N) is 1. The number of carbonyl (C=O) groups excluding carboxylic acids is 2. The molecule has 43 heavy (non-hydrogen) atoms. The fraction of sp³-hybridized carbons (Fsp3) is 0.375. The molecule has 0 bridgehead atoms. The van der Waals surface area contributed by atoms with Crippen molar-refractivity contribution in [2.24, 2.45) is 0 Å². The molecule has 230 valence electrons. The van der Waals surface area contributed by atoms with Crippen molar-refractivity contribution in [3.63, 3.8) is 0 Å². The van der Waals surface area contributed by atoms with Gasteiger partial charge in [-0.2, -0.15) is 0 Å². The Labute approximate surface area is 251 Å². The van der Waals surface area contributed by atoms with Crippen LogP contribution in [0, 0.1) is 29.1 Å². The first-order chi connectivity index (χ1) is 20.6. The van der Waals surface area contributed by atoms with Crippen molar-refractivity contribution in [2.75, 3.05) is 11.5 Å². The topological polar surface area (TPSA) is 58.6 Å². The maximum atomic E-state index is 15.1. The number of amides is 2. The summed E-state index contributed by atoms with van der Waals surface area (Å²) >= 11 is 1.17. The summed E-state index contributed by atoms with van der Waals surface area (Å²) in [5.41, 5.74) is -0.284. The molecule has 0 fully saturated rings. The van der Waals surface area contributed by atoms with Gasteiger partial charge < -0.3 is 15.0 Å². The quantitative estimate of drug-likeness (QED) is 0.155. The van der Waals surface area contributed by atoms with Gasteiger partial charge in [0.15, 0.2) is 0 Å². The highest BCUT2D eigenvalue weighted by molar-refractivity contribution is 8.01. The third-order valence-corrected chi connectivity index (χ3v) is 8.30. The van der Waals surface area contributed by atoms with Crippen molar-refractivity contribution in [1.29, 1.82) is 0 Å². The van der Waals surface area contributed by atoms with Gasteiger partial charge in [-0.1, -0.05) is 39.0 Å². The van der Waals surface area contributed by atoms with Crippen LogP contribution in [0.15, 0.2) is 47.4 Å². The summed E-state index contributed by atoms with van der Waals surface area (Å²) in [6, 6.07) is 7.65. The van der Waals surface area contributed by atoms with Crippen LogP contribution >= 0.6 is 11.8 Å². The number of nitrogens with one attached hydrogen (secondary N) is 1. The van der Waals surface area contributed by atoms with Gasteiger partial charge in [0.25, 0.3) is 5.91 Å². The maximum absolute atomic E-state index is 15.1. The number of unbranched alkanes of at least 4 members (excludes halogenated alkanes) is 5. The van der Waals surface area contributed by atoms with Crippen LogP contribution in [0.3, 0.4) is 0 Å². The minimum atomic E-state index is -1.13. The summed E-state index contributed by atoms with van der Waals surface area (Å²) in [4.78, 5) is 27.6. The first kappa shape index (κ1) is 32.3. The highest BCUT2D eigenvalue weighted by Crippen LogP contribution is 2.41. The van der Waals surface area contributed by atoms with E-state index in [0.29, 0.717) is 29.3 Å². The highest BCUT2D eigenvalue weighted by Gasteiger charge is 2.32. The Bertz CT molecular complexity index is 1440. The number of fused-ring (bicyclic) bond motifs is 1. The van der Waals surface area contributed by atoms with E-state index in [-0.39, 0.29) is 29.3 Å². The predicted octanol–water partition coefficient (Wildman–Crippen LogP) is 8.08. The van der Waals surface area contributed by atoms with E-state index in [9.17, 15) is 22.8 Å². The second kappa shape index (κ2) is 14.7. The molecule has 3 aromatic rings. The minimum Gasteiger partial charge on any atom is -0.493 e. The number of rotatable bonds is 13. The zero-order valence-electron chi connectivity index (χ0n) is 24.0. The molecule has 3 aromatic carbocycles. The Kier molecular flexibility index (Phi) is 11.1. The number of thioether (sulfide) groups is 1. The van der Waals surface area contributed by atoms with Crippen LogP contribution in [0.2, 0.25) is 0 Å². The molecule has 1 heterocycles. The molecule has 0 spiro atoms. The fourth-order valence-electron chi connectivity index (χ4n) is 4.77. The van der Waals surface area contributed by atoms with Crippen LogP contribution in [0.4, 0.5) is 27.6 Å². The summed E-state index contributed by atoms with van der Waals surface area (Å²) in [6.07, 6.45) is 6.33. The van der Waals surface area contributed by atoms with Crippen molar-refractivity contribution >= 4 is 29.3 Å². The summed E-state index contributed by atoms with van der Waals surface area (Å²) in [5, 5.41) is 1.79. The Morgan fingerprint density at radius 3 is 2.19 bits per heavy atom.